The van der Waals surface area contributed by atoms with Crippen LogP contribution in [0.2, 0.25) is 0 Å². The van der Waals surface area contributed by atoms with Gasteiger partial charge in [-0.3, -0.25) is 15.3 Å². The Kier molecular flexibility index (Phi) is 5.11. The molecule has 14 heavy (non-hydrogen) atoms. The van der Waals surface area contributed by atoms with Gasteiger partial charge in [-0.1, -0.05) is 0 Å². The summed E-state index contributed by atoms with van der Waals surface area (Å²) in [5.41, 5.74) is 10.8. The van der Waals surface area contributed by atoms with Gasteiger partial charge >= 0.3 is 17.8 Å². The lowest BCUT2D eigenvalue weighted by molar-refractivity contribution is -0.226. The number of hydrogen-bond donors (Lipinski definition) is 2. The molecule has 0 aromatic rings. The van der Waals surface area contributed by atoms with Crippen molar-refractivity contribution in [2.45, 2.75) is 32.6 Å². The van der Waals surface area contributed by atoms with Gasteiger partial charge < -0.3 is 15.2 Å². The Morgan fingerprint density at radius 3 is 1.93 bits per heavy atom. The molecule has 0 unspecified atom stereocenters. The molecule has 0 fully saturated rings. The molecule has 0 aliphatic heterocycles. The number of rotatable bonds is 5. The van der Waals surface area contributed by atoms with Gasteiger partial charge in [0, 0.05) is 20.3 Å². The summed E-state index contributed by atoms with van der Waals surface area (Å²) < 4.78 is 9.38. The van der Waals surface area contributed by atoms with Crippen LogP contribution in [-0.4, -0.2) is 24.4 Å². The van der Waals surface area contributed by atoms with Gasteiger partial charge in [0.15, 0.2) is 0 Å². The fourth-order valence-electron chi connectivity index (χ4n) is 0.958. The number of hydrogen-bond acceptors (Lipinski definition) is 6. The quantitative estimate of drug-likeness (QED) is 0.460. The van der Waals surface area contributed by atoms with Crippen LogP contribution in [0.4, 0.5) is 0 Å². The largest absolute Gasteiger partial charge is 0.409 e. The van der Waals surface area contributed by atoms with Crippen molar-refractivity contribution in [3.63, 3.8) is 0 Å². The minimum atomic E-state index is -1.68. The van der Waals surface area contributed by atoms with Crippen molar-refractivity contribution >= 4 is 11.9 Å². The Morgan fingerprint density at radius 2 is 1.64 bits per heavy atom. The van der Waals surface area contributed by atoms with Crippen molar-refractivity contribution in [2.75, 3.05) is 6.54 Å². The molecule has 0 heterocycles. The van der Waals surface area contributed by atoms with Crippen molar-refractivity contribution in [1.29, 1.82) is 0 Å². The highest BCUT2D eigenvalue weighted by Gasteiger charge is 2.31. The van der Waals surface area contributed by atoms with Crippen LogP contribution in [0.5, 0.6) is 0 Å². The maximum absolute atomic E-state index is 10.7. The first-order valence-corrected chi connectivity index (χ1v) is 4.28. The molecule has 0 bridgehead atoms. The molecular formula is C8H16N2O4. The molecule has 0 aliphatic rings. The lowest BCUT2D eigenvalue weighted by Crippen LogP contribution is -2.48. The van der Waals surface area contributed by atoms with E-state index in [-0.39, 0.29) is 6.42 Å². The van der Waals surface area contributed by atoms with Crippen LogP contribution in [-0.2, 0) is 19.1 Å². The zero-order valence-electron chi connectivity index (χ0n) is 8.41. The summed E-state index contributed by atoms with van der Waals surface area (Å²) in [6, 6.07) is 0. The minimum absolute atomic E-state index is 0.183. The van der Waals surface area contributed by atoms with Gasteiger partial charge in [0.05, 0.1) is 0 Å². The number of carbonyl (C=O) groups excluding carboxylic acids is 2. The molecule has 0 rings (SSSR count). The summed E-state index contributed by atoms with van der Waals surface area (Å²) in [5, 5.41) is 0. The molecule has 0 aromatic carbocycles. The normalized spacial score (nSPS) is 10.9. The topological polar surface area (TPSA) is 105 Å². The summed E-state index contributed by atoms with van der Waals surface area (Å²) in [5.74, 6) is -2.90. The molecule has 0 radical (unpaired) electrons. The lowest BCUT2D eigenvalue weighted by atomic mass is 10.2. The van der Waals surface area contributed by atoms with Crippen LogP contribution in [0.15, 0.2) is 0 Å². The number of nitrogens with two attached hydrogens (primary N) is 2. The van der Waals surface area contributed by atoms with E-state index < -0.39 is 17.8 Å². The summed E-state index contributed by atoms with van der Waals surface area (Å²) in [7, 11) is 0. The smallest absolute Gasteiger partial charge is 0.315 e. The first kappa shape index (κ1) is 12.9. The van der Waals surface area contributed by atoms with Crippen LogP contribution in [0.25, 0.3) is 0 Å². The zero-order chi connectivity index (χ0) is 11.2. The monoisotopic (exact) mass is 204 g/mol. The summed E-state index contributed by atoms with van der Waals surface area (Å²) >= 11 is 0. The highest BCUT2D eigenvalue weighted by atomic mass is 16.7. The summed E-state index contributed by atoms with van der Waals surface area (Å²) in [6.45, 7) is 2.75. The third-order valence-corrected chi connectivity index (χ3v) is 1.36. The van der Waals surface area contributed by atoms with Gasteiger partial charge in [-0.05, 0) is 13.0 Å². The molecule has 0 spiro atoms. The van der Waals surface area contributed by atoms with E-state index in [0.717, 1.165) is 0 Å². The standard InChI is InChI=1S/C8H16N2O4/c1-6(11)13-8(10,4-3-5-9)14-7(2)12/h3-5,9-10H2,1-2H3. The van der Waals surface area contributed by atoms with E-state index in [0.29, 0.717) is 13.0 Å². The second-order valence-corrected chi connectivity index (χ2v) is 2.89. The van der Waals surface area contributed by atoms with E-state index in [4.69, 9.17) is 20.9 Å². The maximum Gasteiger partial charge on any atom is 0.315 e. The van der Waals surface area contributed by atoms with Crippen molar-refractivity contribution in [3.8, 4) is 0 Å². The van der Waals surface area contributed by atoms with E-state index in [1.807, 2.05) is 0 Å². The fraction of sp³-hybridized carbons (Fsp3) is 0.750. The molecule has 4 N–H and O–H groups in total. The Morgan fingerprint density at radius 1 is 1.21 bits per heavy atom. The van der Waals surface area contributed by atoms with Gasteiger partial charge in [-0.2, -0.15) is 0 Å². The van der Waals surface area contributed by atoms with Crippen LogP contribution in [0.1, 0.15) is 26.7 Å². The predicted octanol–water partition coefficient (Wildman–Crippen LogP) is -0.536. The molecule has 6 nitrogen and oxygen atoms in total. The summed E-state index contributed by atoms with van der Waals surface area (Å²) in [6.07, 6.45) is 0.680. The SMILES string of the molecule is CC(=O)OC(N)(CCCN)OC(C)=O. The highest BCUT2D eigenvalue weighted by molar-refractivity contribution is 5.68. The average Bonchev–Trinajstić information content (AvgIpc) is 1.97. The molecule has 0 aromatic heterocycles. The van der Waals surface area contributed by atoms with Gasteiger partial charge in [-0.15, -0.1) is 0 Å². The van der Waals surface area contributed by atoms with E-state index in [9.17, 15) is 9.59 Å². The van der Waals surface area contributed by atoms with Crippen LogP contribution >= 0.6 is 0 Å². The molecule has 0 aliphatic carbocycles. The molecule has 0 atom stereocenters. The molecule has 0 saturated carbocycles. The van der Waals surface area contributed by atoms with Crippen LogP contribution < -0.4 is 11.5 Å². The van der Waals surface area contributed by atoms with Gasteiger partial charge in [0.2, 0.25) is 0 Å². The predicted molar refractivity (Wildman–Crippen MR) is 48.7 cm³/mol. The zero-order valence-corrected chi connectivity index (χ0v) is 8.41. The van der Waals surface area contributed by atoms with Gasteiger partial charge in [0.1, 0.15) is 0 Å². The van der Waals surface area contributed by atoms with Crippen molar-refractivity contribution in [2.24, 2.45) is 11.5 Å². The van der Waals surface area contributed by atoms with Crippen molar-refractivity contribution in [1.82, 2.24) is 0 Å². The van der Waals surface area contributed by atoms with Crippen LogP contribution in [0.3, 0.4) is 0 Å². The van der Waals surface area contributed by atoms with Crippen LogP contribution in [0, 0.1) is 0 Å². The maximum atomic E-state index is 10.7. The molecule has 0 saturated heterocycles. The van der Waals surface area contributed by atoms with Crippen molar-refractivity contribution in [3.05, 3.63) is 0 Å². The van der Waals surface area contributed by atoms with Gasteiger partial charge in [-0.25, -0.2) is 0 Å². The van der Waals surface area contributed by atoms with Crippen molar-refractivity contribution < 1.29 is 19.1 Å². The number of carbonyl (C=O) groups is 2. The Hall–Kier alpha value is -1.14. The lowest BCUT2D eigenvalue weighted by Gasteiger charge is -2.27. The van der Waals surface area contributed by atoms with E-state index in [2.05, 4.69) is 0 Å². The Bertz CT molecular complexity index is 201. The molecular weight excluding hydrogens is 188 g/mol. The Balaban J connectivity index is 4.31. The Labute approximate surface area is 82.5 Å². The average molecular weight is 204 g/mol. The van der Waals surface area contributed by atoms with E-state index in [1.54, 1.807) is 0 Å². The molecule has 82 valence electrons. The second kappa shape index (κ2) is 5.56. The third-order valence-electron chi connectivity index (χ3n) is 1.36. The second-order valence-electron chi connectivity index (χ2n) is 2.89. The molecule has 6 heteroatoms. The fourth-order valence-corrected chi connectivity index (χ4v) is 0.958. The van der Waals surface area contributed by atoms with Gasteiger partial charge in [0.25, 0.3) is 0 Å². The first-order chi connectivity index (χ1) is 6.39. The number of esters is 2. The minimum Gasteiger partial charge on any atom is -0.409 e. The number of ether oxygens (including phenoxy) is 2. The third kappa shape index (κ3) is 5.50. The molecule has 0 amide bonds. The highest BCUT2D eigenvalue weighted by Crippen LogP contribution is 2.13. The first-order valence-electron chi connectivity index (χ1n) is 4.28. The van der Waals surface area contributed by atoms with E-state index in [1.165, 1.54) is 13.8 Å². The summed E-state index contributed by atoms with van der Waals surface area (Å²) in [4.78, 5) is 21.4. The van der Waals surface area contributed by atoms with E-state index >= 15 is 0 Å².